The summed E-state index contributed by atoms with van der Waals surface area (Å²) in [6, 6.07) is 17.0. The SMILES string of the molecule is C[C@H]1CN(C)[C@H](C)[C@@H](O)[C@](C)(O)[C@@H](I)OC(=O)[C@H](C)[C@@H](O)[C@H](C)[C@@H](O[C@@H]2O[C@H](C)C[C@H](N(C)C)[C@H]2OC(=O)Cc2c(-c3ccc(Cl)cc3)c(-c3ccccc3)c3n2CC(C)(C)C3)[C@](C)(O)C1. The van der Waals surface area contributed by atoms with Gasteiger partial charge in [0.1, 0.15) is 11.7 Å². The third-order valence-corrected chi connectivity index (χ3v) is 16.1. The van der Waals surface area contributed by atoms with Gasteiger partial charge in [0.2, 0.25) is 0 Å². The molecule has 366 valence electrons. The summed E-state index contributed by atoms with van der Waals surface area (Å²) in [4.78, 5) is 32.4. The normalized spacial score (nSPS) is 36.0. The van der Waals surface area contributed by atoms with Crippen molar-refractivity contribution >= 4 is 46.1 Å². The lowest BCUT2D eigenvalue weighted by molar-refractivity contribution is -0.301. The zero-order chi connectivity index (χ0) is 48.8. The van der Waals surface area contributed by atoms with Crippen molar-refractivity contribution in [3.05, 3.63) is 71.0 Å². The zero-order valence-corrected chi connectivity index (χ0v) is 43.6. The van der Waals surface area contributed by atoms with Crippen LogP contribution in [0.3, 0.4) is 0 Å². The quantitative estimate of drug-likeness (QED) is 0.103. The van der Waals surface area contributed by atoms with Crippen molar-refractivity contribution in [3.63, 3.8) is 0 Å². The Labute approximate surface area is 410 Å². The van der Waals surface area contributed by atoms with E-state index in [0.717, 1.165) is 40.1 Å². The zero-order valence-electron chi connectivity index (χ0n) is 40.7. The summed E-state index contributed by atoms with van der Waals surface area (Å²) in [7, 11) is 5.66. The largest absolute Gasteiger partial charge is 0.455 e. The number of aliphatic hydroxyl groups is 4. The summed E-state index contributed by atoms with van der Waals surface area (Å²) < 4.78 is 27.0. The maximum atomic E-state index is 14.8. The Morgan fingerprint density at radius 3 is 2.20 bits per heavy atom. The number of alkyl halides is 1. The highest BCUT2D eigenvalue weighted by atomic mass is 127. The van der Waals surface area contributed by atoms with Crippen LogP contribution in [0.4, 0.5) is 0 Å². The number of fused-ring (bicyclic) bond motifs is 1. The van der Waals surface area contributed by atoms with Crippen molar-refractivity contribution < 1.29 is 49.0 Å². The van der Waals surface area contributed by atoms with E-state index in [1.165, 1.54) is 13.8 Å². The van der Waals surface area contributed by atoms with Crippen molar-refractivity contribution in [1.82, 2.24) is 14.4 Å². The Morgan fingerprint density at radius 2 is 1.58 bits per heavy atom. The number of ether oxygens (including phenoxy) is 4. The Balaban J connectivity index is 1.38. The van der Waals surface area contributed by atoms with E-state index >= 15 is 0 Å². The van der Waals surface area contributed by atoms with Crippen LogP contribution in [0.1, 0.15) is 86.5 Å². The first-order valence-electron chi connectivity index (χ1n) is 23.3. The molecule has 2 fully saturated rings. The van der Waals surface area contributed by atoms with Crippen LogP contribution in [0, 0.1) is 23.2 Å². The van der Waals surface area contributed by atoms with E-state index in [4.69, 9.17) is 30.5 Å². The maximum Gasteiger partial charge on any atom is 0.312 e. The van der Waals surface area contributed by atoms with Crippen LogP contribution in [-0.2, 0) is 47.9 Å². The first-order chi connectivity index (χ1) is 30.7. The van der Waals surface area contributed by atoms with E-state index in [0.29, 0.717) is 24.5 Å². The average Bonchev–Trinajstić information content (AvgIpc) is 3.71. The number of hydrogen-bond donors (Lipinski definition) is 4. The number of nitrogens with zero attached hydrogens (tertiary/aromatic N) is 3. The van der Waals surface area contributed by atoms with Crippen LogP contribution >= 0.6 is 34.2 Å². The Hall–Kier alpha value is -2.64. The van der Waals surface area contributed by atoms with Crippen LogP contribution in [0.25, 0.3) is 22.3 Å². The molecule has 4 heterocycles. The minimum absolute atomic E-state index is 0.0501. The molecule has 0 amide bonds. The molecule has 0 unspecified atom stereocenters. The van der Waals surface area contributed by atoms with Crippen LogP contribution in [0.5, 0.6) is 0 Å². The molecular formula is C51H73ClIN3O10. The molecule has 2 saturated heterocycles. The summed E-state index contributed by atoms with van der Waals surface area (Å²) in [6.07, 6.45) is -4.87. The van der Waals surface area contributed by atoms with E-state index in [2.05, 4.69) is 30.5 Å². The molecule has 4 N–H and O–H groups in total. The molecule has 14 atom stereocenters. The molecule has 1 aromatic heterocycles. The van der Waals surface area contributed by atoms with Gasteiger partial charge in [-0.2, -0.15) is 0 Å². The van der Waals surface area contributed by atoms with Gasteiger partial charge in [-0.1, -0.05) is 81.8 Å². The van der Waals surface area contributed by atoms with E-state index in [-0.39, 0.29) is 36.3 Å². The third kappa shape index (κ3) is 11.3. The lowest BCUT2D eigenvalue weighted by Crippen LogP contribution is -2.60. The molecule has 66 heavy (non-hydrogen) atoms. The van der Waals surface area contributed by atoms with Gasteiger partial charge in [0, 0.05) is 52.6 Å². The fourth-order valence-corrected chi connectivity index (χ4v) is 11.4. The van der Waals surface area contributed by atoms with Gasteiger partial charge in [-0.3, -0.25) is 9.59 Å². The molecule has 0 spiro atoms. The molecule has 3 aliphatic heterocycles. The average molecular weight is 1050 g/mol. The highest BCUT2D eigenvalue weighted by Gasteiger charge is 2.51. The fourth-order valence-electron chi connectivity index (χ4n) is 10.6. The molecule has 6 rings (SSSR count). The minimum Gasteiger partial charge on any atom is -0.455 e. The molecule has 0 aliphatic carbocycles. The molecule has 0 radical (unpaired) electrons. The van der Waals surface area contributed by atoms with E-state index in [1.54, 1.807) is 43.4 Å². The molecule has 13 nitrogen and oxygen atoms in total. The summed E-state index contributed by atoms with van der Waals surface area (Å²) in [5.74, 6) is -3.48. The van der Waals surface area contributed by atoms with Gasteiger partial charge in [-0.05, 0) is 132 Å². The smallest absolute Gasteiger partial charge is 0.312 e. The predicted molar refractivity (Wildman–Crippen MR) is 264 cm³/mol. The first-order valence-corrected chi connectivity index (χ1v) is 24.9. The van der Waals surface area contributed by atoms with Gasteiger partial charge in [0.15, 0.2) is 16.5 Å². The first kappa shape index (κ1) is 52.7. The number of carbonyl (C=O) groups is 2. The number of cyclic esters (lactones) is 1. The highest BCUT2D eigenvalue weighted by Crippen LogP contribution is 2.47. The number of likely N-dealkylation sites (N-methyl/N-ethyl adjacent to an activating group) is 2. The molecule has 3 aromatic rings. The lowest BCUT2D eigenvalue weighted by atomic mass is 9.78. The number of halogens is 2. The molecule has 3 aliphatic rings. The Bertz CT molecular complexity index is 2150. The molecule has 0 saturated carbocycles. The summed E-state index contributed by atoms with van der Waals surface area (Å²) in [5.41, 5.74) is 2.50. The van der Waals surface area contributed by atoms with Crippen LogP contribution in [-0.4, -0.2) is 139 Å². The predicted octanol–water partition coefficient (Wildman–Crippen LogP) is 7.12. The second-order valence-corrected chi connectivity index (χ2v) is 22.7. The Morgan fingerprint density at radius 1 is 0.955 bits per heavy atom. The number of carbonyl (C=O) groups excluding carboxylic acids is 2. The topological polar surface area (TPSA) is 163 Å². The number of rotatable bonds is 8. The maximum absolute atomic E-state index is 14.8. The molecule has 15 heteroatoms. The molecule has 0 bridgehead atoms. The number of hydrogen-bond acceptors (Lipinski definition) is 12. The standard InChI is InChI=1S/C51H73ClIN3O10/c1-28-24-50(8,61)45(30(3)42(58)31(4)46(60)66-48(53)51(9,62)44(59)32(5)55(12)26-28)65-47-43(37(54(10)11)22-29(2)63-47)64-39(57)23-36-40(34-18-20-35(52)21-19-34)41(33-16-14-13-15-17-33)38-25-49(6,7)27-56(36)38/h13-21,28-32,37,42-45,47-48,58-59,61-62H,22-27H2,1-12H3/t28-,29-,30+,31-,32-,37+,42+,43-,44-,45-,47+,48+,50-,51+/m1/s1. The van der Waals surface area contributed by atoms with Gasteiger partial charge in [-0.25, -0.2) is 0 Å². The third-order valence-electron chi connectivity index (χ3n) is 14.3. The minimum atomic E-state index is -1.83. The van der Waals surface area contributed by atoms with Crippen molar-refractivity contribution in [1.29, 1.82) is 0 Å². The number of aliphatic hydroxyl groups excluding tert-OH is 2. The summed E-state index contributed by atoms with van der Waals surface area (Å²) in [5, 5.41) is 48.0. The number of benzene rings is 2. The van der Waals surface area contributed by atoms with Crippen molar-refractivity contribution in [2.24, 2.45) is 23.2 Å². The summed E-state index contributed by atoms with van der Waals surface area (Å²) >= 11 is 8.21. The van der Waals surface area contributed by atoms with Crippen molar-refractivity contribution in [2.45, 2.75) is 159 Å². The van der Waals surface area contributed by atoms with Gasteiger partial charge < -0.3 is 53.7 Å². The number of esters is 2. The Kier molecular flexibility index (Phi) is 16.6. The fraction of sp³-hybridized carbons (Fsp3) is 0.647. The second-order valence-electron chi connectivity index (χ2n) is 21.1. The van der Waals surface area contributed by atoms with Crippen LogP contribution in [0.15, 0.2) is 54.6 Å². The van der Waals surface area contributed by atoms with Crippen molar-refractivity contribution in [3.8, 4) is 22.3 Å². The highest BCUT2D eigenvalue weighted by molar-refractivity contribution is 14.1. The molecular weight excluding hydrogens is 977 g/mol. The summed E-state index contributed by atoms with van der Waals surface area (Å²) in [6.45, 7) is 17.6. The monoisotopic (exact) mass is 1050 g/mol. The molecule has 2 aromatic carbocycles. The van der Waals surface area contributed by atoms with Gasteiger partial charge in [-0.15, -0.1) is 0 Å². The van der Waals surface area contributed by atoms with Gasteiger partial charge in [0.25, 0.3) is 0 Å². The van der Waals surface area contributed by atoms with E-state index in [1.807, 2.05) is 87.3 Å². The van der Waals surface area contributed by atoms with Gasteiger partial charge >= 0.3 is 11.9 Å². The van der Waals surface area contributed by atoms with Crippen LogP contribution < -0.4 is 0 Å². The second kappa shape index (κ2) is 20.8. The lowest BCUT2D eigenvalue weighted by Gasteiger charge is -2.47. The van der Waals surface area contributed by atoms with E-state index < -0.39 is 75.8 Å². The number of aromatic nitrogens is 1. The van der Waals surface area contributed by atoms with Crippen LogP contribution in [0.2, 0.25) is 5.02 Å². The van der Waals surface area contributed by atoms with E-state index in [9.17, 15) is 30.0 Å². The van der Waals surface area contributed by atoms with Crippen molar-refractivity contribution in [2.75, 3.05) is 27.7 Å². The van der Waals surface area contributed by atoms with Gasteiger partial charge in [0.05, 0.1) is 42.3 Å².